The molecule has 2 aromatic rings. The minimum Gasteiger partial charge on any atom is -0.477 e. The summed E-state index contributed by atoms with van der Waals surface area (Å²) < 4.78 is 65.6. The number of thiophene rings is 1. The first-order valence-corrected chi connectivity index (χ1v) is 6.53. The molecule has 9 heteroatoms. The van der Waals surface area contributed by atoms with Gasteiger partial charge in [-0.15, -0.1) is 11.3 Å². The zero-order valence-corrected chi connectivity index (χ0v) is 10.8. The lowest BCUT2D eigenvalue weighted by Crippen LogP contribution is -2.02. The third-order valence-corrected chi connectivity index (χ3v) is 4.28. The van der Waals surface area contributed by atoms with Crippen LogP contribution >= 0.6 is 23.1 Å². The number of rotatable bonds is 3. The van der Waals surface area contributed by atoms with Crippen molar-refractivity contribution in [2.24, 2.45) is 0 Å². The maximum absolute atomic E-state index is 13.4. The zero-order valence-electron chi connectivity index (χ0n) is 9.22. The normalized spacial score (nSPS) is 10.8. The summed E-state index contributed by atoms with van der Waals surface area (Å²) in [5.41, 5.74) is 0. The van der Waals surface area contributed by atoms with Crippen molar-refractivity contribution in [3.05, 3.63) is 45.4 Å². The molecule has 20 heavy (non-hydrogen) atoms. The summed E-state index contributed by atoms with van der Waals surface area (Å²) in [6, 6.07) is 1.08. The molecule has 2 nitrogen and oxygen atoms in total. The van der Waals surface area contributed by atoms with Gasteiger partial charge in [0.2, 0.25) is 5.82 Å². The van der Waals surface area contributed by atoms with Crippen LogP contribution in [0.5, 0.6) is 0 Å². The lowest BCUT2D eigenvalue weighted by Gasteiger charge is -2.06. The minimum absolute atomic E-state index is 0.0654. The molecule has 0 amide bonds. The molecule has 1 aromatic carbocycles. The summed E-state index contributed by atoms with van der Waals surface area (Å²) in [4.78, 5) is 9.51. The highest BCUT2D eigenvalue weighted by atomic mass is 32.2. The molecule has 0 bridgehead atoms. The van der Waals surface area contributed by atoms with Crippen LogP contribution in [0.1, 0.15) is 9.67 Å². The van der Waals surface area contributed by atoms with Gasteiger partial charge in [0.1, 0.15) is 4.88 Å². The number of hydrogen-bond donors (Lipinski definition) is 1. The summed E-state index contributed by atoms with van der Waals surface area (Å²) in [6.45, 7) is 0. The van der Waals surface area contributed by atoms with E-state index in [0.717, 1.165) is 17.4 Å². The molecule has 106 valence electrons. The van der Waals surface area contributed by atoms with Crippen LogP contribution in [0.25, 0.3) is 0 Å². The standard InChI is InChI=1S/C11H3F5O2S2/c12-5-6(13)8(15)10(9(16)7(5)14)20-3-1-4(11(17)18)19-2-3/h1-2H,(H,17,18). The van der Waals surface area contributed by atoms with Gasteiger partial charge in [-0.2, -0.15) is 0 Å². The Hall–Kier alpha value is -1.61. The van der Waals surface area contributed by atoms with Gasteiger partial charge in [-0.05, 0) is 6.07 Å². The van der Waals surface area contributed by atoms with Crippen molar-refractivity contribution in [1.82, 2.24) is 0 Å². The molecule has 1 aromatic heterocycles. The molecule has 2 rings (SSSR count). The van der Waals surface area contributed by atoms with Gasteiger partial charge in [-0.3, -0.25) is 0 Å². The molecule has 1 heterocycles. The molecule has 0 unspecified atom stereocenters. The molecule has 0 aliphatic heterocycles. The Morgan fingerprint density at radius 1 is 1.00 bits per heavy atom. The molecule has 0 spiro atoms. The Bertz CT molecular complexity index is 669. The van der Waals surface area contributed by atoms with Gasteiger partial charge in [0.25, 0.3) is 0 Å². The van der Waals surface area contributed by atoms with Gasteiger partial charge in [0.05, 0.1) is 4.90 Å². The Labute approximate surface area is 116 Å². The lowest BCUT2D eigenvalue weighted by atomic mass is 10.3. The Kier molecular flexibility index (Phi) is 4.00. The van der Waals surface area contributed by atoms with E-state index in [0.29, 0.717) is 0 Å². The fourth-order valence-electron chi connectivity index (χ4n) is 1.28. The van der Waals surface area contributed by atoms with Gasteiger partial charge in [-0.1, -0.05) is 11.8 Å². The molecular formula is C11H3F5O2S2. The Morgan fingerprint density at radius 2 is 1.50 bits per heavy atom. The van der Waals surface area contributed by atoms with E-state index in [2.05, 4.69) is 0 Å². The molecule has 0 atom stereocenters. The molecular weight excluding hydrogens is 323 g/mol. The van der Waals surface area contributed by atoms with E-state index in [-0.39, 0.29) is 21.5 Å². The summed E-state index contributed by atoms with van der Waals surface area (Å²) in [6.07, 6.45) is 0. The second kappa shape index (κ2) is 5.41. The quantitative estimate of drug-likeness (QED) is 0.519. The molecule has 0 aliphatic rings. The number of aromatic carboxylic acids is 1. The maximum Gasteiger partial charge on any atom is 0.345 e. The number of hydrogen-bond acceptors (Lipinski definition) is 3. The van der Waals surface area contributed by atoms with E-state index in [1.807, 2.05) is 0 Å². The number of carbonyl (C=O) groups is 1. The van der Waals surface area contributed by atoms with Gasteiger partial charge in [-0.25, -0.2) is 26.7 Å². The zero-order chi connectivity index (χ0) is 15.0. The monoisotopic (exact) mass is 326 g/mol. The molecule has 0 aliphatic carbocycles. The summed E-state index contributed by atoms with van der Waals surface area (Å²) >= 11 is 1.04. The average molecular weight is 326 g/mol. The lowest BCUT2D eigenvalue weighted by molar-refractivity contribution is 0.0702. The third-order valence-electron chi connectivity index (χ3n) is 2.18. The van der Waals surface area contributed by atoms with Gasteiger partial charge < -0.3 is 5.11 Å². The highest BCUT2D eigenvalue weighted by Gasteiger charge is 2.26. The van der Waals surface area contributed by atoms with Crippen molar-refractivity contribution in [3.63, 3.8) is 0 Å². The fourth-order valence-corrected chi connectivity index (χ4v) is 3.07. The van der Waals surface area contributed by atoms with Crippen LogP contribution in [0.4, 0.5) is 22.0 Å². The van der Waals surface area contributed by atoms with Crippen LogP contribution in [0.2, 0.25) is 0 Å². The van der Waals surface area contributed by atoms with Crippen molar-refractivity contribution in [2.75, 3.05) is 0 Å². The number of carboxylic acids is 1. The van der Waals surface area contributed by atoms with E-state index in [1.165, 1.54) is 5.38 Å². The summed E-state index contributed by atoms with van der Waals surface area (Å²) in [5.74, 6) is -11.5. The van der Waals surface area contributed by atoms with Crippen molar-refractivity contribution in [1.29, 1.82) is 0 Å². The van der Waals surface area contributed by atoms with Crippen LogP contribution in [-0.2, 0) is 0 Å². The molecule has 0 saturated heterocycles. The molecule has 0 radical (unpaired) electrons. The SMILES string of the molecule is O=C(O)c1cc(Sc2c(F)c(F)c(F)c(F)c2F)cs1. The van der Waals surface area contributed by atoms with E-state index in [4.69, 9.17) is 5.11 Å². The third kappa shape index (κ3) is 2.50. The van der Waals surface area contributed by atoms with E-state index >= 15 is 0 Å². The Morgan fingerprint density at radius 3 is 1.95 bits per heavy atom. The highest BCUT2D eigenvalue weighted by molar-refractivity contribution is 7.99. The fraction of sp³-hybridized carbons (Fsp3) is 0. The van der Waals surface area contributed by atoms with Crippen molar-refractivity contribution >= 4 is 29.1 Å². The number of halogens is 5. The predicted molar refractivity (Wildman–Crippen MR) is 61.6 cm³/mol. The highest BCUT2D eigenvalue weighted by Crippen LogP contribution is 2.37. The summed E-state index contributed by atoms with van der Waals surface area (Å²) in [7, 11) is 0. The van der Waals surface area contributed by atoms with Crippen molar-refractivity contribution in [2.45, 2.75) is 9.79 Å². The molecule has 1 N–H and O–H groups in total. The Balaban J connectivity index is 2.45. The number of carboxylic acid groups (broad SMARTS) is 1. The van der Waals surface area contributed by atoms with E-state index in [1.54, 1.807) is 0 Å². The molecule has 0 saturated carbocycles. The topological polar surface area (TPSA) is 37.3 Å². The first-order valence-electron chi connectivity index (χ1n) is 4.84. The van der Waals surface area contributed by atoms with Crippen LogP contribution < -0.4 is 0 Å². The van der Waals surface area contributed by atoms with Crippen LogP contribution in [-0.4, -0.2) is 11.1 Å². The van der Waals surface area contributed by atoms with Gasteiger partial charge in [0.15, 0.2) is 23.3 Å². The largest absolute Gasteiger partial charge is 0.477 e. The summed E-state index contributed by atoms with van der Waals surface area (Å²) in [5, 5.41) is 9.92. The van der Waals surface area contributed by atoms with Gasteiger partial charge in [0, 0.05) is 10.3 Å². The second-order valence-electron chi connectivity index (χ2n) is 3.45. The molecule has 0 fully saturated rings. The van der Waals surface area contributed by atoms with Crippen LogP contribution in [0.3, 0.4) is 0 Å². The predicted octanol–water partition coefficient (Wildman–Crippen LogP) is 4.29. The van der Waals surface area contributed by atoms with E-state index < -0.39 is 40.0 Å². The maximum atomic E-state index is 13.4. The van der Waals surface area contributed by atoms with E-state index in [9.17, 15) is 26.7 Å². The first kappa shape index (κ1) is 14.8. The van der Waals surface area contributed by atoms with Crippen LogP contribution in [0.15, 0.2) is 21.2 Å². The van der Waals surface area contributed by atoms with Crippen molar-refractivity contribution in [3.8, 4) is 0 Å². The second-order valence-corrected chi connectivity index (χ2v) is 5.45. The smallest absolute Gasteiger partial charge is 0.345 e. The average Bonchev–Trinajstić information content (AvgIpc) is 2.88. The number of benzene rings is 1. The minimum atomic E-state index is -2.24. The van der Waals surface area contributed by atoms with Crippen LogP contribution in [0, 0.1) is 29.1 Å². The first-order chi connectivity index (χ1) is 9.32. The van der Waals surface area contributed by atoms with Crippen molar-refractivity contribution < 1.29 is 31.9 Å². The van der Waals surface area contributed by atoms with Gasteiger partial charge >= 0.3 is 5.97 Å².